The number of benzene rings is 1. The first kappa shape index (κ1) is 12.3. The van der Waals surface area contributed by atoms with Gasteiger partial charge in [-0.25, -0.2) is 9.37 Å². The van der Waals surface area contributed by atoms with Gasteiger partial charge in [-0.15, -0.1) is 0 Å². The number of rotatable bonds is 3. The highest BCUT2D eigenvalue weighted by Gasteiger charge is 2.15. The Hall–Kier alpha value is -2.15. The molecule has 2 aromatic rings. The molecule has 1 aromatic carbocycles. The number of carbonyl (C=O) groups is 1. The van der Waals surface area contributed by atoms with Gasteiger partial charge in [0.2, 0.25) is 0 Å². The van der Waals surface area contributed by atoms with Gasteiger partial charge in [-0.2, -0.15) is 0 Å². The number of nitrogens with zero attached hydrogens (tertiary/aromatic N) is 1. The highest BCUT2D eigenvalue weighted by Crippen LogP contribution is 2.25. The van der Waals surface area contributed by atoms with Crippen molar-refractivity contribution in [2.45, 2.75) is 0 Å². The zero-order chi connectivity index (χ0) is 13.1. The fourth-order valence-electron chi connectivity index (χ4n) is 1.32. The molecule has 0 bridgehead atoms. The Morgan fingerprint density at radius 2 is 2.06 bits per heavy atom. The van der Waals surface area contributed by atoms with Crippen LogP contribution in [0.5, 0.6) is 0 Å². The van der Waals surface area contributed by atoms with E-state index in [2.05, 4.69) is 15.6 Å². The van der Waals surface area contributed by atoms with Crippen LogP contribution in [0.15, 0.2) is 24.3 Å². The quantitative estimate of drug-likeness (QED) is 0.795. The number of nitrogens with two attached hydrogens (primary N) is 1. The lowest BCUT2D eigenvalue weighted by Crippen LogP contribution is -2.12. The van der Waals surface area contributed by atoms with E-state index in [1.165, 1.54) is 24.3 Å². The molecule has 2 rings (SSSR count). The summed E-state index contributed by atoms with van der Waals surface area (Å²) in [7, 11) is 1.69. The first-order valence-electron chi connectivity index (χ1n) is 5.11. The van der Waals surface area contributed by atoms with E-state index in [-0.39, 0.29) is 17.5 Å². The Labute approximate surface area is 107 Å². The van der Waals surface area contributed by atoms with Crippen molar-refractivity contribution in [3.8, 4) is 0 Å². The number of aromatic nitrogens is 1. The van der Waals surface area contributed by atoms with E-state index in [9.17, 15) is 9.18 Å². The van der Waals surface area contributed by atoms with Crippen LogP contribution in [0.4, 0.5) is 21.0 Å². The molecule has 0 aliphatic carbocycles. The molecule has 1 amide bonds. The Bertz CT molecular complexity index is 567. The third-order valence-corrected chi connectivity index (χ3v) is 3.26. The molecule has 0 atom stereocenters. The summed E-state index contributed by atoms with van der Waals surface area (Å²) in [6.07, 6.45) is 0. The second-order valence-corrected chi connectivity index (χ2v) is 4.44. The van der Waals surface area contributed by atoms with Crippen molar-refractivity contribution in [1.82, 2.24) is 4.98 Å². The van der Waals surface area contributed by atoms with Crippen LogP contribution < -0.4 is 16.4 Å². The summed E-state index contributed by atoms with van der Waals surface area (Å²) in [5.74, 6) is -0.551. The van der Waals surface area contributed by atoms with Crippen LogP contribution in [0, 0.1) is 5.82 Å². The summed E-state index contributed by atoms with van der Waals surface area (Å²) in [6.45, 7) is 0. The van der Waals surface area contributed by atoms with Crippen LogP contribution in [-0.4, -0.2) is 17.9 Å². The number of nitrogens with one attached hydrogen (secondary N) is 2. The number of halogens is 1. The summed E-state index contributed by atoms with van der Waals surface area (Å²) in [4.78, 5) is 16.2. The molecular formula is C11H11FN4OS. The predicted molar refractivity (Wildman–Crippen MR) is 70.4 cm³/mol. The van der Waals surface area contributed by atoms with Crippen molar-refractivity contribution >= 4 is 33.9 Å². The van der Waals surface area contributed by atoms with Gasteiger partial charge >= 0.3 is 0 Å². The van der Waals surface area contributed by atoms with E-state index in [1.54, 1.807) is 7.05 Å². The average Bonchev–Trinajstić information content (AvgIpc) is 2.73. The first-order valence-corrected chi connectivity index (χ1v) is 5.93. The number of hydrogen-bond acceptors (Lipinski definition) is 5. The number of anilines is 3. The number of nitrogen functional groups attached to an aromatic ring is 1. The monoisotopic (exact) mass is 266 g/mol. The summed E-state index contributed by atoms with van der Waals surface area (Å²) >= 11 is 1.16. The minimum absolute atomic E-state index is 0.170. The van der Waals surface area contributed by atoms with Gasteiger partial charge in [-0.05, 0) is 24.3 Å². The van der Waals surface area contributed by atoms with Crippen molar-refractivity contribution in [3.63, 3.8) is 0 Å². The molecule has 0 spiro atoms. The Kier molecular flexibility index (Phi) is 3.42. The molecule has 4 N–H and O–H groups in total. The summed E-state index contributed by atoms with van der Waals surface area (Å²) in [5.41, 5.74) is 6.13. The van der Waals surface area contributed by atoms with Crippen LogP contribution in [-0.2, 0) is 0 Å². The predicted octanol–water partition coefficient (Wildman–Crippen LogP) is 2.16. The van der Waals surface area contributed by atoms with Gasteiger partial charge in [0.25, 0.3) is 5.91 Å². The summed E-state index contributed by atoms with van der Waals surface area (Å²) < 4.78 is 12.7. The van der Waals surface area contributed by atoms with Crippen LogP contribution in [0.25, 0.3) is 0 Å². The molecule has 94 valence electrons. The lowest BCUT2D eigenvalue weighted by Gasteiger charge is -2.03. The maximum absolute atomic E-state index is 12.7. The third kappa shape index (κ3) is 2.57. The lowest BCUT2D eigenvalue weighted by atomic mass is 10.3. The minimum atomic E-state index is -0.363. The SMILES string of the molecule is CNc1nc(N)c(C(=O)Nc2ccc(F)cc2)s1. The highest BCUT2D eigenvalue weighted by atomic mass is 32.1. The minimum Gasteiger partial charge on any atom is -0.382 e. The highest BCUT2D eigenvalue weighted by molar-refractivity contribution is 7.18. The van der Waals surface area contributed by atoms with E-state index < -0.39 is 0 Å². The van der Waals surface area contributed by atoms with Gasteiger partial charge in [0.05, 0.1) is 0 Å². The van der Waals surface area contributed by atoms with Crippen molar-refractivity contribution < 1.29 is 9.18 Å². The topological polar surface area (TPSA) is 80.0 Å². The molecule has 1 aromatic heterocycles. The number of thiazole rings is 1. The standard InChI is InChI=1S/C11H11FN4OS/c1-14-11-16-9(13)8(18-11)10(17)15-7-4-2-6(12)3-5-7/h2-5H,13H2,1H3,(H,14,16)(H,15,17). The summed E-state index contributed by atoms with van der Waals surface area (Å²) in [5, 5.41) is 6.00. The molecular weight excluding hydrogens is 255 g/mol. The zero-order valence-electron chi connectivity index (χ0n) is 9.53. The maximum Gasteiger partial charge on any atom is 0.269 e. The Balaban J connectivity index is 2.16. The lowest BCUT2D eigenvalue weighted by molar-refractivity contribution is 0.103. The van der Waals surface area contributed by atoms with Gasteiger partial charge in [0.15, 0.2) is 5.13 Å². The van der Waals surface area contributed by atoms with Crippen LogP contribution in [0.1, 0.15) is 9.67 Å². The molecule has 7 heteroatoms. The smallest absolute Gasteiger partial charge is 0.269 e. The molecule has 0 radical (unpaired) electrons. The number of amides is 1. The molecule has 0 saturated carbocycles. The molecule has 5 nitrogen and oxygen atoms in total. The van der Waals surface area contributed by atoms with Gasteiger partial charge in [-0.1, -0.05) is 11.3 Å². The van der Waals surface area contributed by atoms with E-state index in [1.807, 2.05) is 0 Å². The number of hydrogen-bond donors (Lipinski definition) is 3. The van der Waals surface area contributed by atoms with E-state index in [0.717, 1.165) is 11.3 Å². The number of carbonyl (C=O) groups excluding carboxylic acids is 1. The average molecular weight is 266 g/mol. The Morgan fingerprint density at radius 1 is 1.39 bits per heavy atom. The van der Waals surface area contributed by atoms with E-state index in [0.29, 0.717) is 15.7 Å². The van der Waals surface area contributed by atoms with E-state index >= 15 is 0 Å². The zero-order valence-corrected chi connectivity index (χ0v) is 10.3. The van der Waals surface area contributed by atoms with Gasteiger partial charge < -0.3 is 16.4 Å². The second kappa shape index (κ2) is 5.01. The molecule has 18 heavy (non-hydrogen) atoms. The van der Waals surface area contributed by atoms with Crippen molar-refractivity contribution in [2.24, 2.45) is 0 Å². The Morgan fingerprint density at radius 3 is 2.61 bits per heavy atom. The molecule has 0 aliphatic heterocycles. The maximum atomic E-state index is 12.7. The van der Waals surface area contributed by atoms with Crippen molar-refractivity contribution in [2.75, 3.05) is 23.4 Å². The largest absolute Gasteiger partial charge is 0.382 e. The first-order chi connectivity index (χ1) is 8.60. The van der Waals surface area contributed by atoms with E-state index in [4.69, 9.17) is 5.73 Å². The van der Waals surface area contributed by atoms with Crippen molar-refractivity contribution in [1.29, 1.82) is 0 Å². The normalized spacial score (nSPS) is 10.1. The van der Waals surface area contributed by atoms with Gasteiger partial charge in [0.1, 0.15) is 16.5 Å². The second-order valence-electron chi connectivity index (χ2n) is 3.44. The van der Waals surface area contributed by atoms with Crippen LogP contribution >= 0.6 is 11.3 Å². The van der Waals surface area contributed by atoms with Crippen LogP contribution in [0.2, 0.25) is 0 Å². The molecule has 0 unspecified atom stereocenters. The molecule has 1 heterocycles. The fraction of sp³-hybridized carbons (Fsp3) is 0.0909. The fourth-order valence-corrected chi connectivity index (χ4v) is 2.06. The third-order valence-electron chi connectivity index (χ3n) is 2.18. The summed E-state index contributed by atoms with van der Waals surface area (Å²) in [6, 6.07) is 5.49. The van der Waals surface area contributed by atoms with Gasteiger partial charge in [-0.3, -0.25) is 4.79 Å². The molecule has 0 fully saturated rings. The van der Waals surface area contributed by atoms with Crippen LogP contribution in [0.3, 0.4) is 0 Å². The van der Waals surface area contributed by atoms with Gasteiger partial charge in [0, 0.05) is 12.7 Å². The molecule has 0 saturated heterocycles. The molecule has 0 aliphatic rings. The van der Waals surface area contributed by atoms with Crippen molar-refractivity contribution in [3.05, 3.63) is 35.0 Å².